The van der Waals surface area contributed by atoms with Crippen LogP contribution in [-0.4, -0.2) is 16.1 Å². The van der Waals surface area contributed by atoms with Gasteiger partial charge in [-0.2, -0.15) is 0 Å². The van der Waals surface area contributed by atoms with E-state index in [-0.39, 0.29) is 0 Å². The van der Waals surface area contributed by atoms with E-state index in [0.717, 1.165) is 5.56 Å². The highest BCUT2D eigenvalue weighted by molar-refractivity contribution is 5.89. The molecule has 0 radical (unpaired) electrons. The maximum absolute atomic E-state index is 10.6. The lowest BCUT2D eigenvalue weighted by Gasteiger charge is -1.99. The van der Waals surface area contributed by atoms with Crippen molar-refractivity contribution in [3.8, 4) is 0 Å². The van der Waals surface area contributed by atoms with Crippen molar-refractivity contribution in [2.45, 2.75) is 13.3 Å². The van der Waals surface area contributed by atoms with Crippen molar-refractivity contribution in [2.24, 2.45) is 0 Å². The Balaban J connectivity index is 3.12. The molecule has 3 heteroatoms. The number of hydrogen-bond donors (Lipinski definition) is 1. The van der Waals surface area contributed by atoms with Gasteiger partial charge in [0.05, 0.1) is 5.56 Å². The van der Waals surface area contributed by atoms with E-state index in [4.69, 9.17) is 5.11 Å². The minimum Gasteiger partial charge on any atom is -0.478 e. The third-order valence-corrected chi connectivity index (χ3v) is 1.51. The number of aromatic nitrogens is 1. The molecule has 0 unspecified atom stereocenters. The van der Waals surface area contributed by atoms with Crippen molar-refractivity contribution >= 4 is 5.97 Å². The molecular weight excluding hydrogens is 142 g/mol. The van der Waals surface area contributed by atoms with Crippen LogP contribution in [0.2, 0.25) is 0 Å². The molecule has 0 aromatic carbocycles. The standard InChI is InChI=1S/C8H9NO2/c1-2-6-5-9-4-3-7(6)8(10)11/h3-5H,2H2,1H3,(H,10,11). The molecule has 11 heavy (non-hydrogen) atoms. The molecule has 58 valence electrons. The summed E-state index contributed by atoms with van der Waals surface area (Å²) in [6, 6.07) is 1.52. The van der Waals surface area contributed by atoms with Gasteiger partial charge in [0.25, 0.3) is 0 Å². The van der Waals surface area contributed by atoms with Gasteiger partial charge in [-0.05, 0) is 18.1 Å². The first-order valence-corrected chi connectivity index (χ1v) is 3.42. The lowest BCUT2D eigenvalue weighted by atomic mass is 10.1. The summed E-state index contributed by atoms with van der Waals surface area (Å²) in [4.78, 5) is 14.4. The molecule has 1 N–H and O–H groups in total. The summed E-state index contributed by atoms with van der Waals surface area (Å²) in [6.07, 6.45) is 3.78. The average molecular weight is 151 g/mol. The molecule has 0 fully saturated rings. The number of aromatic carboxylic acids is 1. The van der Waals surface area contributed by atoms with Crippen molar-refractivity contribution in [3.05, 3.63) is 29.6 Å². The molecule has 0 spiro atoms. The fraction of sp³-hybridized carbons (Fsp3) is 0.250. The number of carboxylic acid groups (broad SMARTS) is 1. The summed E-state index contributed by atoms with van der Waals surface area (Å²) in [5, 5.41) is 8.67. The fourth-order valence-electron chi connectivity index (χ4n) is 0.918. The van der Waals surface area contributed by atoms with Crippen LogP contribution in [0.4, 0.5) is 0 Å². The molecule has 0 aliphatic heterocycles. The molecule has 1 aromatic rings. The molecule has 0 bridgehead atoms. The number of pyridine rings is 1. The first kappa shape index (κ1) is 7.72. The van der Waals surface area contributed by atoms with E-state index < -0.39 is 5.97 Å². The Morgan fingerprint density at radius 2 is 2.45 bits per heavy atom. The number of nitrogens with zero attached hydrogens (tertiary/aromatic N) is 1. The Kier molecular flexibility index (Phi) is 2.21. The number of aryl methyl sites for hydroxylation is 1. The van der Waals surface area contributed by atoms with Crippen LogP contribution in [0.1, 0.15) is 22.8 Å². The average Bonchev–Trinajstić information content (AvgIpc) is 2.04. The van der Waals surface area contributed by atoms with E-state index in [2.05, 4.69) is 4.98 Å². The van der Waals surface area contributed by atoms with Gasteiger partial charge in [0.2, 0.25) is 0 Å². The Hall–Kier alpha value is -1.38. The van der Waals surface area contributed by atoms with Crippen LogP contribution in [0.5, 0.6) is 0 Å². The topological polar surface area (TPSA) is 50.2 Å². The normalized spacial score (nSPS) is 9.55. The van der Waals surface area contributed by atoms with Crippen LogP contribution in [0, 0.1) is 0 Å². The zero-order valence-electron chi connectivity index (χ0n) is 6.24. The summed E-state index contributed by atoms with van der Waals surface area (Å²) < 4.78 is 0. The molecule has 3 nitrogen and oxygen atoms in total. The minimum absolute atomic E-state index is 0.350. The monoisotopic (exact) mass is 151 g/mol. The lowest BCUT2D eigenvalue weighted by Crippen LogP contribution is -2.01. The zero-order chi connectivity index (χ0) is 8.27. The molecule has 1 rings (SSSR count). The van der Waals surface area contributed by atoms with Crippen molar-refractivity contribution in [1.29, 1.82) is 0 Å². The summed E-state index contributed by atoms with van der Waals surface area (Å²) >= 11 is 0. The van der Waals surface area contributed by atoms with Gasteiger partial charge >= 0.3 is 5.97 Å². The van der Waals surface area contributed by atoms with Crippen molar-refractivity contribution in [2.75, 3.05) is 0 Å². The predicted molar refractivity (Wildman–Crippen MR) is 40.6 cm³/mol. The largest absolute Gasteiger partial charge is 0.478 e. The van der Waals surface area contributed by atoms with Gasteiger partial charge < -0.3 is 5.11 Å². The number of rotatable bonds is 2. The first-order chi connectivity index (χ1) is 5.25. The van der Waals surface area contributed by atoms with Crippen LogP contribution >= 0.6 is 0 Å². The second-order valence-corrected chi connectivity index (χ2v) is 2.19. The maximum Gasteiger partial charge on any atom is 0.336 e. The van der Waals surface area contributed by atoms with Gasteiger partial charge in [-0.25, -0.2) is 4.79 Å². The summed E-state index contributed by atoms with van der Waals surface area (Å²) in [6.45, 7) is 1.91. The second kappa shape index (κ2) is 3.14. The molecule has 0 aliphatic carbocycles. The molecular formula is C8H9NO2. The van der Waals surface area contributed by atoms with E-state index in [1.807, 2.05) is 6.92 Å². The molecule has 0 amide bonds. The molecule has 0 atom stereocenters. The highest BCUT2D eigenvalue weighted by atomic mass is 16.4. The van der Waals surface area contributed by atoms with E-state index in [1.54, 1.807) is 6.20 Å². The Morgan fingerprint density at radius 3 is 2.91 bits per heavy atom. The summed E-state index contributed by atoms with van der Waals surface area (Å²) in [5.41, 5.74) is 1.13. The van der Waals surface area contributed by atoms with Crippen LogP contribution in [0.15, 0.2) is 18.5 Å². The fourth-order valence-corrected chi connectivity index (χ4v) is 0.918. The Labute approximate surface area is 64.7 Å². The van der Waals surface area contributed by atoms with Crippen molar-refractivity contribution in [1.82, 2.24) is 4.98 Å². The van der Waals surface area contributed by atoms with Gasteiger partial charge in [0, 0.05) is 12.4 Å². The SMILES string of the molecule is CCc1cnccc1C(=O)O. The van der Waals surface area contributed by atoms with Gasteiger partial charge in [-0.3, -0.25) is 4.98 Å². The Morgan fingerprint density at radius 1 is 1.73 bits per heavy atom. The van der Waals surface area contributed by atoms with Crippen LogP contribution in [-0.2, 0) is 6.42 Å². The molecule has 0 saturated carbocycles. The van der Waals surface area contributed by atoms with Gasteiger partial charge in [0.1, 0.15) is 0 Å². The molecule has 1 aromatic heterocycles. The zero-order valence-corrected chi connectivity index (χ0v) is 6.24. The van der Waals surface area contributed by atoms with Gasteiger partial charge in [-0.15, -0.1) is 0 Å². The highest BCUT2D eigenvalue weighted by Crippen LogP contribution is 2.06. The number of carboxylic acids is 1. The smallest absolute Gasteiger partial charge is 0.336 e. The van der Waals surface area contributed by atoms with Crippen molar-refractivity contribution in [3.63, 3.8) is 0 Å². The lowest BCUT2D eigenvalue weighted by molar-refractivity contribution is 0.0695. The number of hydrogen-bond acceptors (Lipinski definition) is 2. The highest BCUT2D eigenvalue weighted by Gasteiger charge is 2.06. The van der Waals surface area contributed by atoms with E-state index in [0.29, 0.717) is 12.0 Å². The van der Waals surface area contributed by atoms with Crippen molar-refractivity contribution < 1.29 is 9.90 Å². The minimum atomic E-state index is -0.885. The van der Waals surface area contributed by atoms with Crippen LogP contribution in [0.3, 0.4) is 0 Å². The maximum atomic E-state index is 10.6. The van der Waals surface area contributed by atoms with E-state index >= 15 is 0 Å². The third-order valence-electron chi connectivity index (χ3n) is 1.51. The summed E-state index contributed by atoms with van der Waals surface area (Å²) in [5.74, 6) is -0.885. The molecule has 0 saturated heterocycles. The first-order valence-electron chi connectivity index (χ1n) is 3.42. The van der Waals surface area contributed by atoms with E-state index in [9.17, 15) is 4.79 Å². The van der Waals surface area contributed by atoms with Crippen LogP contribution in [0.25, 0.3) is 0 Å². The summed E-state index contributed by atoms with van der Waals surface area (Å²) in [7, 11) is 0. The van der Waals surface area contributed by atoms with Gasteiger partial charge in [0.15, 0.2) is 0 Å². The van der Waals surface area contributed by atoms with E-state index in [1.165, 1.54) is 12.3 Å². The number of carbonyl (C=O) groups is 1. The molecule has 1 heterocycles. The Bertz CT molecular complexity index is 271. The predicted octanol–water partition coefficient (Wildman–Crippen LogP) is 1.34. The molecule has 0 aliphatic rings. The quantitative estimate of drug-likeness (QED) is 0.693. The third kappa shape index (κ3) is 1.55. The van der Waals surface area contributed by atoms with Gasteiger partial charge in [-0.1, -0.05) is 6.92 Å². The second-order valence-electron chi connectivity index (χ2n) is 2.19. The van der Waals surface area contributed by atoms with Crippen LogP contribution < -0.4 is 0 Å².